The highest BCUT2D eigenvalue weighted by Crippen LogP contribution is 2.29. The molecule has 0 N–H and O–H groups in total. The Morgan fingerprint density at radius 3 is 2.73 bits per heavy atom. The Balaban J connectivity index is 2.64. The van der Waals surface area contributed by atoms with E-state index in [1.54, 1.807) is 0 Å². The molecule has 0 atom stereocenters. The van der Waals surface area contributed by atoms with Gasteiger partial charge in [-0.1, -0.05) is 20.8 Å². The summed E-state index contributed by atoms with van der Waals surface area (Å²) in [6.45, 7) is 6.30. The summed E-state index contributed by atoms with van der Waals surface area (Å²) in [5.41, 5.74) is 3.08. The zero-order chi connectivity index (χ0) is 11.0. The highest BCUT2D eigenvalue weighted by atomic mass is 79.9. The van der Waals surface area contributed by atoms with Gasteiger partial charge in [0.2, 0.25) is 0 Å². The molecule has 0 spiro atoms. The summed E-state index contributed by atoms with van der Waals surface area (Å²) >= 11 is 3.52. The van der Waals surface area contributed by atoms with E-state index in [0.717, 1.165) is 27.9 Å². The molecule has 0 fully saturated rings. The fraction of sp³-hybridized carbons (Fsp3) is 0.417. The Bertz CT molecular complexity index is 488. The second-order valence-electron chi connectivity index (χ2n) is 3.99. The molecule has 0 saturated carbocycles. The zero-order valence-corrected chi connectivity index (χ0v) is 10.8. The molecule has 15 heavy (non-hydrogen) atoms. The molecular formula is C12H14BrNO. The van der Waals surface area contributed by atoms with E-state index >= 15 is 0 Å². The maximum absolute atomic E-state index is 5.70. The van der Waals surface area contributed by atoms with Gasteiger partial charge in [0.15, 0.2) is 11.5 Å². The molecule has 1 heterocycles. The van der Waals surface area contributed by atoms with E-state index in [1.165, 1.54) is 5.56 Å². The minimum absolute atomic E-state index is 0.328. The van der Waals surface area contributed by atoms with Crippen LogP contribution < -0.4 is 0 Å². The van der Waals surface area contributed by atoms with E-state index < -0.39 is 0 Å². The van der Waals surface area contributed by atoms with Crippen molar-refractivity contribution in [3.8, 4) is 0 Å². The minimum Gasteiger partial charge on any atom is -0.439 e. The van der Waals surface area contributed by atoms with Gasteiger partial charge in [0.05, 0.1) is 4.47 Å². The summed E-state index contributed by atoms with van der Waals surface area (Å²) < 4.78 is 6.70. The Labute approximate surface area is 97.8 Å². The van der Waals surface area contributed by atoms with E-state index in [4.69, 9.17) is 4.42 Å². The third-order valence-corrected chi connectivity index (χ3v) is 3.01. The van der Waals surface area contributed by atoms with Crippen LogP contribution in [0.3, 0.4) is 0 Å². The fourth-order valence-corrected chi connectivity index (χ4v) is 2.09. The van der Waals surface area contributed by atoms with Gasteiger partial charge < -0.3 is 4.42 Å². The SMILES string of the molecule is CCc1cc(Br)c2oc(C(C)C)nc2c1. The monoisotopic (exact) mass is 267 g/mol. The van der Waals surface area contributed by atoms with Gasteiger partial charge in [0.25, 0.3) is 0 Å². The van der Waals surface area contributed by atoms with Gasteiger partial charge in [-0.05, 0) is 40.0 Å². The van der Waals surface area contributed by atoms with Crippen molar-refractivity contribution in [3.05, 3.63) is 28.1 Å². The van der Waals surface area contributed by atoms with Crippen LogP contribution in [0.1, 0.15) is 38.1 Å². The summed E-state index contributed by atoms with van der Waals surface area (Å²) in [5, 5.41) is 0. The molecule has 0 radical (unpaired) electrons. The number of nitrogens with zero attached hydrogens (tertiary/aromatic N) is 1. The maximum atomic E-state index is 5.70. The summed E-state index contributed by atoms with van der Waals surface area (Å²) in [6, 6.07) is 4.19. The molecule has 0 saturated heterocycles. The zero-order valence-electron chi connectivity index (χ0n) is 9.17. The van der Waals surface area contributed by atoms with Gasteiger partial charge in [0.1, 0.15) is 5.52 Å². The second kappa shape index (κ2) is 3.97. The van der Waals surface area contributed by atoms with Crippen LogP contribution in [0, 0.1) is 0 Å². The number of oxazole rings is 1. The van der Waals surface area contributed by atoms with E-state index in [9.17, 15) is 0 Å². The number of aromatic nitrogens is 1. The molecule has 2 rings (SSSR count). The van der Waals surface area contributed by atoms with Crippen LogP contribution in [0.2, 0.25) is 0 Å². The molecule has 3 heteroatoms. The molecular weight excluding hydrogens is 254 g/mol. The van der Waals surface area contributed by atoms with E-state index in [2.05, 4.69) is 53.8 Å². The van der Waals surface area contributed by atoms with Crippen LogP contribution in [-0.2, 0) is 6.42 Å². The smallest absolute Gasteiger partial charge is 0.198 e. The lowest BCUT2D eigenvalue weighted by Crippen LogP contribution is -1.85. The van der Waals surface area contributed by atoms with Crippen LogP contribution in [-0.4, -0.2) is 4.98 Å². The fourth-order valence-electron chi connectivity index (χ4n) is 1.51. The summed E-state index contributed by atoms with van der Waals surface area (Å²) in [7, 11) is 0. The molecule has 1 aromatic heterocycles. The third-order valence-electron chi connectivity index (χ3n) is 2.42. The van der Waals surface area contributed by atoms with E-state index in [-0.39, 0.29) is 0 Å². The van der Waals surface area contributed by atoms with Gasteiger partial charge >= 0.3 is 0 Å². The predicted octanol–water partition coefficient (Wildman–Crippen LogP) is 4.28. The van der Waals surface area contributed by atoms with Crippen molar-refractivity contribution >= 4 is 27.0 Å². The van der Waals surface area contributed by atoms with Crippen molar-refractivity contribution in [2.45, 2.75) is 33.1 Å². The number of hydrogen-bond donors (Lipinski definition) is 0. The lowest BCUT2D eigenvalue weighted by molar-refractivity contribution is 0.500. The van der Waals surface area contributed by atoms with Crippen molar-refractivity contribution < 1.29 is 4.42 Å². The molecule has 2 aromatic rings. The van der Waals surface area contributed by atoms with Gasteiger partial charge in [-0.25, -0.2) is 4.98 Å². The Hall–Kier alpha value is -0.830. The first-order valence-corrected chi connectivity index (χ1v) is 6.00. The topological polar surface area (TPSA) is 26.0 Å². The molecule has 0 aliphatic heterocycles. The number of benzene rings is 1. The molecule has 80 valence electrons. The van der Waals surface area contributed by atoms with Crippen molar-refractivity contribution in [2.75, 3.05) is 0 Å². The van der Waals surface area contributed by atoms with Crippen LogP contribution in [0.4, 0.5) is 0 Å². The predicted molar refractivity (Wildman–Crippen MR) is 65.2 cm³/mol. The first-order valence-electron chi connectivity index (χ1n) is 5.20. The standard InChI is InChI=1S/C12H14BrNO/c1-4-8-5-9(13)11-10(6-8)14-12(15-11)7(2)3/h5-7H,4H2,1-3H3. The number of aryl methyl sites for hydroxylation is 1. The lowest BCUT2D eigenvalue weighted by atomic mass is 10.1. The van der Waals surface area contributed by atoms with Gasteiger partial charge in [-0.3, -0.25) is 0 Å². The Morgan fingerprint density at radius 2 is 2.13 bits per heavy atom. The minimum atomic E-state index is 0.328. The molecule has 1 aromatic carbocycles. The van der Waals surface area contributed by atoms with Crippen molar-refractivity contribution in [1.29, 1.82) is 0 Å². The van der Waals surface area contributed by atoms with E-state index in [0.29, 0.717) is 5.92 Å². The number of hydrogen-bond acceptors (Lipinski definition) is 2. The quantitative estimate of drug-likeness (QED) is 0.812. The van der Waals surface area contributed by atoms with Crippen LogP contribution >= 0.6 is 15.9 Å². The van der Waals surface area contributed by atoms with Crippen molar-refractivity contribution in [2.24, 2.45) is 0 Å². The largest absolute Gasteiger partial charge is 0.439 e. The van der Waals surface area contributed by atoms with E-state index in [1.807, 2.05) is 0 Å². The lowest BCUT2D eigenvalue weighted by Gasteiger charge is -1.97. The molecule has 0 amide bonds. The van der Waals surface area contributed by atoms with Crippen LogP contribution in [0.5, 0.6) is 0 Å². The highest BCUT2D eigenvalue weighted by molar-refractivity contribution is 9.10. The van der Waals surface area contributed by atoms with Gasteiger partial charge in [-0.15, -0.1) is 0 Å². The van der Waals surface area contributed by atoms with Crippen molar-refractivity contribution in [3.63, 3.8) is 0 Å². The average molecular weight is 268 g/mol. The molecule has 0 aliphatic rings. The Morgan fingerprint density at radius 1 is 1.40 bits per heavy atom. The van der Waals surface area contributed by atoms with Crippen LogP contribution in [0.25, 0.3) is 11.1 Å². The first-order chi connectivity index (χ1) is 7.11. The van der Waals surface area contributed by atoms with Crippen molar-refractivity contribution in [1.82, 2.24) is 4.98 Å². The molecule has 0 bridgehead atoms. The highest BCUT2D eigenvalue weighted by Gasteiger charge is 2.12. The third kappa shape index (κ3) is 1.93. The second-order valence-corrected chi connectivity index (χ2v) is 4.84. The van der Waals surface area contributed by atoms with Crippen LogP contribution in [0.15, 0.2) is 21.0 Å². The summed E-state index contributed by atoms with van der Waals surface area (Å²) in [5.74, 6) is 1.13. The summed E-state index contributed by atoms with van der Waals surface area (Å²) in [6.07, 6.45) is 1.01. The Kier molecular flexibility index (Phi) is 2.83. The molecule has 0 unspecified atom stereocenters. The summed E-state index contributed by atoms with van der Waals surface area (Å²) in [4.78, 5) is 4.49. The molecule has 2 nitrogen and oxygen atoms in total. The number of fused-ring (bicyclic) bond motifs is 1. The first kappa shape index (κ1) is 10.7. The molecule has 0 aliphatic carbocycles. The van der Waals surface area contributed by atoms with Gasteiger partial charge in [0, 0.05) is 5.92 Å². The maximum Gasteiger partial charge on any atom is 0.198 e. The normalized spacial score (nSPS) is 11.5. The average Bonchev–Trinajstić information content (AvgIpc) is 2.61. The number of rotatable bonds is 2. The van der Waals surface area contributed by atoms with Gasteiger partial charge in [-0.2, -0.15) is 0 Å². The number of halogens is 1.